The maximum atomic E-state index is 14.0. The van der Waals surface area contributed by atoms with Gasteiger partial charge >= 0.3 is 6.18 Å². The summed E-state index contributed by atoms with van der Waals surface area (Å²) in [5, 5.41) is 2.74. The Balaban J connectivity index is 2.14. The van der Waals surface area contributed by atoms with Gasteiger partial charge in [0.1, 0.15) is 12.6 Å². The monoisotopic (exact) mass is 663 g/mol. The highest BCUT2D eigenvalue weighted by Gasteiger charge is 2.36. The fraction of sp³-hybridized carbons (Fsp3) is 0.286. The molecule has 0 aliphatic rings. The van der Waals surface area contributed by atoms with Gasteiger partial charge < -0.3 is 10.2 Å². The summed E-state index contributed by atoms with van der Waals surface area (Å²) in [5.74, 6) is -1.45. The van der Waals surface area contributed by atoms with Crippen LogP contribution in [0.2, 0.25) is 15.1 Å². The zero-order valence-corrected chi connectivity index (χ0v) is 25.5. The van der Waals surface area contributed by atoms with E-state index in [1.807, 2.05) is 0 Å². The Morgan fingerprint density at radius 1 is 0.929 bits per heavy atom. The summed E-state index contributed by atoms with van der Waals surface area (Å²) in [6, 6.07) is 14.4. The number of carbonyl (C=O) groups is 2. The number of hydrogen-bond donors (Lipinski definition) is 1. The van der Waals surface area contributed by atoms with E-state index in [0.717, 1.165) is 17.2 Å². The van der Waals surface area contributed by atoms with E-state index in [1.54, 1.807) is 43.3 Å². The molecule has 0 aliphatic heterocycles. The number of nitrogens with zero attached hydrogens (tertiary/aromatic N) is 2. The molecule has 0 saturated heterocycles. The second-order valence-electron chi connectivity index (χ2n) is 9.26. The van der Waals surface area contributed by atoms with E-state index in [0.29, 0.717) is 27.6 Å². The molecular weight excluding hydrogens is 638 g/mol. The van der Waals surface area contributed by atoms with Crippen molar-refractivity contribution >= 4 is 62.3 Å². The molecule has 226 valence electrons. The maximum Gasteiger partial charge on any atom is 0.416 e. The van der Waals surface area contributed by atoms with Crippen LogP contribution in [0.5, 0.6) is 0 Å². The van der Waals surface area contributed by atoms with Gasteiger partial charge in [0, 0.05) is 35.1 Å². The number of rotatable bonds is 11. The lowest BCUT2D eigenvalue weighted by Gasteiger charge is -2.34. The lowest BCUT2D eigenvalue weighted by molar-refractivity contribution is -0.140. The molecule has 1 atom stereocenters. The molecule has 3 rings (SSSR count). The number of carbonyl (C=O) groups excluding carboxylic acids is 2. The number of likely N-dealkylation sites (N-methyl/N-ethyl adjacent to an activating group) is 1. The number of sulfonamides is 1. The third kappa shape index (κ3) is 8.53. The Morgan fingerprint density at radius 3 is 2.10 bits per heavy atom. The quantitative estimate of drug-likeness (QED) is 0.264. The van der Waals surface area contributed by atoms with Crippen LogP contribution in [-0.4, -0.2) is 50.5 Å². The van der Waals surface area contributed by atoms with Crippen LogP contribution < -0.4 is 9.62 Å². The third-order valence-corrected chi connectivity index (χ3v) is 8.39. The zero-order chi connectivity index (χ0) is 31.2. The minimum Gasteiger partial charge on any atom is -0.355 e. The summed E-state index contributed by atoms with van der Waals surface area (Å²) in [5.41, 5.74) is -0.722. The average Bonchev–Trinajstić information content (AvgIpc) is 2.90. The average molecular weight is 665 g/mol. The van der Waals surface area contributed by atoms with Crippen molar-refractivity contribution in [2.75, 3.05) is 23.7 Å². The van der Waals surface area contributed by atoms with Crippen LogP contribution in [0.25, 0.3) is 0 Å². The molecule has 0 saturated carbocycles. The molecule has 0 unspecified atom stereocenters. The molecule has 0 radical (unpaired) electrons. The van der Waals surface area contributed by atoms with Gasteiger partial charge in [0.15, 0.2) is 0 Å². The molecule has 0 bridgehead atoms. The molecule has 0 aliphatic carbocycles. The molecule has 42 heavy (non-hydrogen) atoms. The van der Waals surface area contributed by atoms with Crippen LogP contribution >= 0.6 is 34.8 Å². The molecule has 2 amide bonds. The molecule has 3 aromatic carbocycles. The molecule has 0 fully saturated rings. The van der Waals surface area contributed by atoms with Crippen molar-refractivity contribution in [1.82, 2.24) is 10.2 Å². The first-order chi connectivity index (χ1) is 19.6. The van der Waals surface area contributed by atoms with Crippen LogP contribution in [0.3, 0.4) is 0 Å². The van der Waals surface area contributed by atoms with Crippen molar-refractivity contribution in [1.29, 1.82) is 0 Å². The van der Waals surface area contributed by atoms with Gasteiger partial charge in [0.2, 0.25) is 21.8 Å². The van der Waals surface area contributed by atoms with E-state index in [1.165, 1.54) is 12.1 Å². The van der Waals surface area contributed by atoms with Crippen molar-refractivity contribution in [3.8, 4) is 0 Å². The fourth-order valence-electron chi connectivity index (χ4n) is 4.17. The predicted molar refractivity (Wildman–Crippen MR) is 158 cm³/mol. The molecule has 0 aromatic heterocycles. The Morgan fingerprint density at radius 2 is 1.55 bits per heavy atom. The zero-order valence-electron chi connectivity index (χ0n) is 22.5. The molecule has 14 heteroatoms. The van der Waals surface area contributed by atoms with E-state index in [9.17, 15) is 31.2 Å². The van der Waals surface area contributed by atoms with Crippen LogP contribution in [0.15, 0.2) is 66.7 Å². The minimum absolute atomic E-state index is 0.0314. The first kappa shape index (κ1) is 33.5. The standard InChI is InChI=1S/C28H27Cl3F3N3O4S/c1-3-35-27(39)25(14-18-8-5-4-6-9-18)36(16-20-21(29)10-7-11-22(20)30)26(38)17-37(42(2,40)41)24-15-19(28(32,33)34)12-13-23(24)31/h4-13,15,25H,3,14,16-17H2,1-2H3,(H,35,39)/t25-/m1/s1. The number of nitrogens with one attached hydrogen (secondary N) is 1. The van der Waals surface area contributed by atoms with Crippen molar-refractivity contribution in [2.45, 2.75) is 32.1 Å². The Hall–Kier alpha value is -2.99. The second kappa shape index (κ2) is 14.0. The molecule has 7 nitrogen and oxygen atoms in total. The minimum atomic E-state index is -4.81. The Bertz CT molecular complexity index is 1520. The summed E-state index contributed by atoms with van der Waals surface area (Å²) in [7, 11) is -4.35. The highest BCUT2D eigenvalue weighted by molar-refractivity contribution is 7.92. The number of halogens is 6. The molecular formula is C28H27Cl3F3N3O4S. The Labute approximate surface area is 257 Å². The van der Waals surface area contributed by atoms with Crippen LogP contribution in [-0.2, 0) is 38.8 Å². The van der Waals surface area contributed by atoms with Crippen LogP contribution in [0, 0.1) is 0 Å². The molecule has 0 heterocycles. The highest BCUT2D eigenvalue weighted by Crippen LogP contribution is 2.36. The largest absolute Gasteiger partial charge is 0.416 e. The van der Waals surface area contributed by atoms with E-state index < -0.39 is 51.9 Å². The molecule has 1 N–H and O–H groups in total. The summed E-state index contributed by atoms with van der Waals surface area (Å²) in [6.45, 7) is 0.649. The third-order valence-electron chi connectivity index (χ3n) is 6.23. The van der Waals surface area contributed by atoms with Crippen molar-refractivity contribution in [3.05, 3.63) is 98.5 Å². The Kier molecular flexibility index (Phi) is 11.2. The summed E-state index contributed by atoms with van der Waals surface area (Å²) in [6.07, 6.45) is -4.04. The van der Waals surface area contributed by atoms with Crippen molar-refractivity contribution in [3.63, 3.8) is 0 Å². The van der Waals surface area contributed by atoms with E-state index in [4.69, 9.17) is 34.8 Å². The molecule has 3 aromatic rings. The first-order valence-corrected chi connectivity index (χ1v) is 15.5. The fourth-order valence-corrected chi connectivity index (χ4v) is 5.81. The van der Waals surface area contributed by atoms with Gasteiger partial charge in [-0.3, -0.25) is 13.9 Å². The normalized spacial score (nSPS) is 12.5. The van der Waals surface area contributed by atoms with Crippen molar-refractivity contribution < 1.29 is 31.2 Å². The van der Waals surface area contributed by atoms with E-state index >= 15 is 0 Å². The van der Waals surface area contributed by atoms with Crippen LogP contribution in [0.4, 0.5) is 18.9 Å². The van der Waals surface area contributed by atoms with Crippen LogP contribution in [0.1, 0.15) is 23.6 Å². The van der Waals surface area contributed by atoms with Gasteiger partial charge in [-0.05, 0) is 42.8 Å². The summed E-state index contributed by atoms with van der Waals surface area (Å²) < 4.78 is 66.7. The number of alkyl halides is 3. The summed E-state index contributed by atoms with van der Waals surface area (Å²) in [4.78, 5) is 28.5. The highest BCUT2D eigenvalue weighted by atomic mass is 35.5. The summed E-state index contributed by atoms with van der Waals surface area (Å²) >= 11 is 18.9. The maximum absolute atomic E-state index is 14.0. The topological polar surface area (TPSA) is 86.8 Å². The number of benzene rings is 3. The van der Waals surface area contributed by atoms with Gasteiger partial charge in [-0.2, -0.15) is 13.2 Å². The van der Waals surface area contributed by atoms with Crippen molar-refractivity contribution in [2.24, 2.45) is 0 Å². The van der Waals surface area contributed by atoms with E-state index in [2.05, 4.69) is 5.32 Å². The van der Waals surface area contributed by atoms with Gasteiger partial charge in [-0.1, -0.05) is 71.2 Å². The number of anilines is 1. The first-order valence-electron chi connectivity index (χ1n) is 12.5. The number of hydrogen-bond acceptors (Lipinski definition) is 4. The lowest BCUT2D eigenvalue weighted by atomic mass is 10.0. The van der Waals surface area contributed by atoms with E-state index in [-0.39, 0.29) is 34.6 Å². The number of amides is 2. The van der Waals surface area contributed by atoms with Gasteiger partial charge in [0.25, 0.3) is 0 Å². The van der Waals surface area contributed by atoms with Gasteiger partial charge in [0.05, 0.1) is 22.5 Å². The van der Waals surface area contributed by atoms with Gasteiger partial charge in [-0.25, -0.2) is 8.42 Å². The molecule has 0 spiro atoms. The lowest BCUT2D eigenvalue weighted by Crippen LogP contribution is -2.53. The van der Waals surface area contributed by atoms with Gasteiger partial charge in [-0.15, -0.1) is 0 Å². The second-order valence-corrected chi connectivity index (χ2v) is 12.4. The SMILES string of the molecule is CCNC(=O)[C@@H](Cc1ccccc1)N(Cc1c(Cl)cccc1Cl)C(=O)CN(c1cc(C(F)(F)F)ccc1Cl)S(C)(=O)=O. The smallest absolute Gasteiger partial charge is 0.355 e. The predicted octanol–water partition coefficient (Wildman–Crippen LogP) is 6.21.